The number of methoxy groups -OCH3 is 2. The molecule has 0 radical (unpaired) electrons. The van der Waals surface area contributed by atoms with Crippen LogP contribution in [-0.4, -0.2) is 44.1 Å². The third-order valence-corrected chi connectivity index (χ3v) is 4.55. The molecule has 0 atom stereocenters. The first-order valence-corrected chi connectivity index (χ1v) is 8.56. The minimum atomic E-state index is -1.04. The summed E-state index contributed by atoms with van der Waals surface area (Å²) in [5.74, 6) is -2.08. The van der Waals surface area contributed by atoms with E-state index in [1.807, 2.05) is 12.1 Å². The van der Waals surface area contributed by atoms with E-state index in [4.69, 9.17) is 14.2 Å². The van der Waals surface area contributed by atoms with E-state index in [9.17, 15) is 18.4 Å². The molecule has 1 amide bonds. The van der Waals surface area contributed by atoms with E-state index >= 15 is 0 Å². The molecule has 0 spiro atoms. The highest BCUT2D eigenvalue weighted by Gasteiger charge is 2.24. The lowest BCUT2D eigenvalue weighted by Crippen LogP contribution is -2.38. The molecule has 148 valence electrons. The van der Waals surface area contributed by atoms with Gasteiger partial charge >= 0.3 is 5.97 Å². The van der Waals surface area contributed by atoms with Crippen molar-refractivity contribution in [2.45, 2.75) is 13.0 Å². The zero-order valence-corrected chi connectivity index (χ0v) is 15.5. The zero-order valence-electron chi connectivity index (χ0n) is 15.5. The molecule has 1 heterocycles. The van der Waals surface area contributed by atoms with Crippen LogP contribution in [0, 0.1) is 11.6 Å². The fourth-order valence-corrected chi connectivity index (χ4v) is 3.05. The van der Waals surface area contributed by atoms with Crippen molar-refractivity contribution in [1.29, 1.82) is 0 Å². The van der Waals surface area contributed by atoms with Crippen molar-refractivity contribution in [2.75, 3.05) is 27.4 Å². The first-order chi connectivity index (χ1) is 13.4. The summed E-state index contributed by atoms with van der Waals surface area (Å²) < 4.78 is 42.0. The Morgan fingerprint density at radius 1 is 1.04 bits per heavy atom. The van der Waals surface area contributed by atoms with E-state index in [2.05, 4.69) is 0 Å². The molecule has 0 N–H and O–H groups in total. The van der Waals surface area contributed by atoms with Crippen LogP contribution in [0.1, 0.15) is 21.5 Å². The largest absolute Gasteiger partial charge is 0.493 e. The van der Waals surface area contributed by atoms with Crippen molar-refractivity contribution in [3.8, 4) is 11.5 Å². The van der Waals surface area contributed by atoms with Crippen molar-refractivity contribution < 1.29 is 32.6 Å². The van der Waals surface area contributed by atoms with Gasteiger partial charge in [-0.25, -0.2) is 13.6 Å². The van der Waals surface area contributed by atoms with Crippen molar-refractivity contribution in [2.24, 2.45) is 0 Å². The highest BCUT2D eigenvalue weighted by molar-refractivity contribution is 5.91. The van der Waals surface area contributed by atoms with Gasteiger partial charge in [-0.15, -0.1) is 0 Å². The van der Waals surface area contributed by atoms with Crippen LogP contribution in [0.5, 0.6) is 11.5 Å². The monoisotopic (exact) mass is 391 g/mol. The molecular weight excluding hydrogens is 372 g/mol. The molecule has 8 heteroatoms. The number of nitrogens with zero attached hydrogens (tertiary/aromatic N) is 1. The number of rotatable bonds is 5. The minimum absolute atomic E-state index is 0.330. The molecule has 28 heavy (non-hydrogen) atoms. The number of amides is 1. The van der Waals surface area contributed by atoms with Gasteiger partial charge in [0.05, 0.1) is 19.8 Å². The Morgan fingerprint density at radius 3 is 2.36 bits per heavy atom. The molecule has 0 saturated carbocycles. The Morgan fingerprint density at radius 2 is 1.71 bits per heavy atom. The van der Waals surface area contributed by atoms with Crippen LogP contribution in [0.25, 0.3) is 0 Å². The minimum Gasteiger partial charge on any atom is -0.493 e. The molecule has 1 aliphatic rings. The second-order valence-corrected chi connectivity index (χ2v) is 6.24. The molecule has 0 aliphatic carbocycles. The van der Waals surface area contributed by atoms with Crippen LogP contribution in [0.3, 0.4) is 0 Å². The number of hydrogen-bond acceptors (Lipinski definition) is 5. The van der Waals surface area contributed by atoms with Crippen LogP contribution >= 0.6 is 0 Å². The molecular formula is C20H19F2NO5. The number of carbonyl (C=O) groups is 2. The second kappa shape index (κ2) is 8.24. The predicted octanol–water partition coefficient (Wildman–Crippen LogP) is 2.72. The Kier molecular flexibility index (Phi) is 5.77. The van der Waals surface area contributed by atoms with Crippen LogP contribution in [0.4, 0.5) is 8.78 Å². The fourth-order valence-electron chi connectivity index (χ4n) is 3.05. The lowest BCUT2D eigenvalue weighted by molar-refractivity contribution is -0.135. The topological polar surface area (TPSA) is 65.1 Å². The Balaban J connectivity index is 1.64. The molecule has 0 bridgehead atoms. The summed E-state index contributed by atoms with van der Waals surface area (Å²) in [5.41, 5.74) is 1.54. The molecule has 0 fully saturated rings. The van der Waals surface area contributed by atoms with Gasteiger partial charge in [0.1, 0.15) is 11.6 Å². The van der Waals surface area contributed by atoms with Gasteiger partial charge in [0.15, 0.2) is 18.1 Å². The maximum Gasteiger partial charge on any atom is 0.341 e. The van der Waals surface area contributed by atoms with Gasteiger partial charge < -0.3 is 19.1 Å². The van der Waals surface area contributed by atoms with E-state index in [0.717, 1.165) is 23.3 Å². The molecule has 3 rings (SSSR count). The van der Waals surface area contributed by atoms with Crippen molar-refractivity contribution in [1.82, 2.24) is 4.90 Å². The number of ether oxygens (including phenoxy) is 3. The normalized spacial score (nSPS) is 12.9. The Labute approximate surface area is 160 Å². The molecule has 0 aromatic heterocycles. The van der Waals surface area contributed by atoms with Gasteiger partial charge in [-0.1, -0.05) is 0 Å². The highest BCUT2D eigenvalue weighted by Crippen LogP contribution is 2.33. The number of carbonyl (C=O) groups excluding carboxylic acids is 2. The smallest absolute Gasteiger partial charge is 0.341 e. The average molecular weight is 391 g/mol. The van der Waals surface area contributed by atoms with E-state index < -0.39 is 35.7 Å². The maximum atomic E-state index is 13.6. The van der Waals surface area contributed by atoms with Gasteiger partial charge in [0, 0.05) is 19.2 Å². The molecule has 0 saturated heterocycles. The van der Waals surface area contributed by atoms with E-state index in [1.54, 1.807) is 12.0 Å². The van der Waals surface area contributed by atoms with Gasteiger partial charge in [-0.05, 0) is 41.8 Å². The van der Waals surface area contributed by atoms with Crippen LogP contribution in [0.2, 0.25) is 0 Å². The number of hydrogen-bond donors (Lipinski definition) is 0. The summed E-state index contributed by atoms with van der Waals surface area (Å²) >= 11 is 0. The van der Waals surface area contributed by atoms with Crippen molar-refractivity contribution in [3.05, 3.63) is 58.7 Å². The maximum absolute atomic E-state index is 13.6. The van der Waals surface area contributed by atoms with Gasteiger partial charge in [0.2, 0.25) is 0 Å². The molecule has 6 nitrogen and oxygen atoms in total. The van der Waals surface area contributed by atoms with E-state index in [1.165, 1.54) is 7.11 Å². The van der Waals surface area contributed by atoms with Crippen molar-refractivity contribution in [3.63, 3.8) is 0 Å². The lowest BCUT2D eigenvalue weighted by Gasteiger charge is -2.29. The Hall–Kier alpha value is -3.16. The number of halogens is 2. The third kappa shape index (κ3) is 4.05. The lowest BCUT2D eigenvalue weighted by atomic mass is 9.99. The van der Waals surface area contributed by atoms with E-state index in [0.29, 0.717) is 37.1 Å². The summed E-state index contributed by atoms with van der Waals surface area (Å²) in [6, 6.07) is 6.21. The fraction of sp³-hybridized carbons (Fsp3) is 0.300. The van der Waals surface area contributed by atoms with Crippen LogP contribution in [-0.2, 0) is 22.5 Å². The number of benzene rings is 2. The predicted molar refractivity (Wildman–Crippen MR) is 95.3 cm³/mol. The third-order valence-electron chi connectivity index (χ3n) is 4.55. The van der Waals surface area contributed by atoms with Gasteiger partial charge in [-0.3, -0.25) is 4.79 Å². The number of fused-ring (bicyclic) bond motifs is 1. The quantitative estimate of drug-likeness (QED) is 0.734. The first-order valence-electron chi connectivity index (χ1n) is 8.56. The number of esters is 1. The molecule has 0 unspecified atom stereocenters. The summed E-state index contributed by atoms with van der Waals surface area (Å²) in [7, 11) is 3.09. The average Bonchev–Trinajstić information content (AvgIpc) is 2.70. The molecule has 2 aromatic carbocycles. The highest BCUT2D eigenvalue weighted by atomic mass is 19.1. The van der Waals surface area contributed by atoms with Gasteiger partial charge in [0.25, 0.3) is 5.91 Å². The SMILES string of the molecule is COc1cc2c(cc1OC)CN(C(=O)COC(=O)c1ccc(F)cc1F)CC2. The van der Waals surface area contributed by atoms with Gasteiger partial charge in [-0.2, -0.15) is 0 Å². The van der Waals surface area contributed by atoms with Crippen molar-refractivity contribution >= 4 is 11.9 Å². The Bertz CT molecular complexity index is 916. The summed E-state index contributed by atoms with van der Waals surface area (Å²) in [5, 5.41) is 0. The van der Waals surface area contributed by atoms with Crippen LogP contribution in [0.15, 0.2) is 30.3 Å². The standard InChI is InChI=1S/C20H19F2NO5/c1-26-17-7-12-5-6-23(10-13(12)8-18(17)27-2)19(24)11-28-20(25)15-4-3-14(21)9-16(15)22/h3-4,7-9H,5-6,10-11H2,1-2H3. The van der Waals surface area contributed by atoms with Crippen LogP contribution < -0.4 is 9.47 Å². The first kappa shape index (κ1) is 19.6. The zero-order chi connectivity index (χ0) is 20.3. The molecule has 2 aromatic rings. The summed E-state index contributed by atoms with van der Waals surface area (Å²) in [4.78, 5) is 25.9. The molecule has 1 aliphatic heterocycles. The summed E-state index contributed by atoms with van der Waals surface area (Å²) in [6.45, 7) is 0.249. The van der Waals surface area contributed by atoms with E-state index in [-0.39, 0.29) is 0 Å². The second-order valence-electron chi connectivity index (χ2n) is 6.24. The summed E-state index contributed by atoms with van der Waals surface area (Å²) in [6.07, 6.45) is 0.613.